The van der Waals surface area contributed by atoms with Crippen molar-refractivity contribution in [3.63, 3.8) is 0 Å². The van der Waals surface area contributed by atoms with E-state index in [1.165, 1.54) is 22.2 Å². The van der Waals surface area contributed by atoms with Gasteiger partial charge in [-0.1, -0.05) is 35.5 Å². The van der Waals surface area contributed by atoms with Crippen molar-refractivity contribution < 1.29 is 0 Å². The molecular formula is C12H11ClN2S. The molecule has 0 saturated carbocycles. The lowest BCUT2D eigenvalue weighted by atomic mass is 10.2. The van der Waals surface area contributed by atoms with Crippen LogP contribution >= 0.6 is 23.4 Å². The van der Waals surface area contributed by atoms with Crippen LogP contribution in [0, 0.1) is 13.8 Å². The van der Waals surface area contributed by atoms with Gasteiger partial charge in [0.25, 0.3) is 0 Å². The van der Waals surface area contributed by atoms with Crippen molar-refractivity contribution in [2.75, 3.05) is 0 Å². The maximum atomic E-state index is 5.80. The van der Waals surface area contributed by atoms with Gasteiger partial charge in [0.2, 0.25) is 0 Å². The third kappa shape index (κ3) is 2.74. The van der Waals surface area contributed by atoms with Crippen LogP contribution in [0.25, 0.3) is 0 Å². The van der Waals surface area contributed by atoms with Crippen LogP contribution in [0.1, 0.15) is 11.1 Å². The minimum Gasteiger partial charge on any atom is -0.259 e. The number of nitrogens with zero attached hydrogens (tertiary/aromatic N) is 2. The van der Waals surface area contributed by atoms with Gasteiger partial charge in [0.15, 0.2) is 0 Å². The number of rotatable bonds is 2. The molecular weight excluding hydrogens is 240 g/mol. The third-order valence-electron chi connectivity index (χ3n) is 2.14. The Bertz CT molecular complexity index is 514. The topological polar surface area (TPSA) is 25.8 Å². The predicted octanol–water partition coefficient (Wildman–Crippen LogP) is 3.90. The van der Waals surface area contributed by atoms with E-state index in [9.17, 15) is 0 Å². The van der Waals surface area contributed by atoms with E-state index in [0.717, 1.165) is 5.03 Å². The van der Waals surface area contributed by atoms with Crippen molar-refractivity contribution in [3.8, 4) is 0 Å². The summed E-state index contributed by atoms with van der Waals surface area (Å²) in [5.74, 6) is 0. The number of aryl methyl sites for hydroxylation is 2. The summed E-state index contributed by atoms with van der Waals surface area (Å²) in [6.45, 7) is 4.16. The molecule has 0 saturated heterocycles. The van der Waals surface area contributed by atoms with E-state index in [1.54, 1.807) is 18.0 Å². The van der Waals surface area contributed by atoms with Gasteiger partial charge in [0.1, 0.15) is 10.2 Å². The average molecular weight is 251 g/mol. The Morgan fingerprint density at radius 3 is 2.75 bits per heavy atom. The lowest BCUT2D eigenvalue weighted by Crippen LogP contribution is -1.86. The molecule has 4 heteroatoms. The second kappa shape index (κ2) is 4.85. The SMILES string of the molecule is Cc1ccc(C)c(Sc2cncc(Cl)n2)c1. The summed E-state index contributed by atoms with van der Waals surface area (Å²) in [6.07, 6.45) is 3.26. The molecule has 2 rings (SSSR count). The molecule has 0 amide bonds. The molecule has 2 aromatic rings. The Morgan fingerprint density at radius 1 is 1.19 bits per heavy atom. The first-order valence-electron chi connectivity index (χ1n) is 4.88. The number of hydrogen-bond acceptors (Lipinski definition) is 3. The van der Waals surface area contributed by atoms with Gasteiger partial charge in [-0.25, -0.2) is 4.98 Å². The van der Waals surface area contributed by atoms with Crippen LogP contribution in [0.3, 0.4) is 0 Å². The summed E-state index contributed by atoms with van der Waals surface area (Å²) in [5, 5.41) is 1.25. The lowest BCUT2D eigenvalue weighted by molar-refractivity contribution is 1.05. The Morgan fingerprint density at radius 2 is 2.00 bits per heavy atom. The first-order valence-corrected chi connectivity index (χ1v) is 6.07. The quantitative estimate of drug-likeness (QED) is 0.809. The molecule has 0 radical (unpaired) electrons. The number of halogens is 1. The van der Waals surface area contributed by atoms with Crippen molar-refractivity contribution in [2.45, 2.75) is 23.8 Å². The van der Waals surface area contributed by atoms with Crippen molar-refractivity contribution in [3.05, 3.63) is 46.9 Å². The van der Waals surface area contributed by atoms with Crippen LogP contribution < -0.4 is 0 Å². The molecule has 0 aliphatic heterocycles. The van der Waals surface area contributed by atoms with E-state index in [4.69, 9.17) is 11.6 Å². The first-order chi connectivity index (χ1) is 7.65. The summed E-state index contributed by atoms with van der Waals surface area (Å²) in [7, 11) is 0. The molecule has 0 fully saturated rings. The van der Waals surface area contributed by atoms with Crippen LogP contribution in [0.5, 0.6) is 0 Å². The molecule has 82 valence electrons. The zero-order chi connectivity index (χ0) is 11.5. The fourth-order valence-corrected chi connectivity index (χ4v) is 2.46. The number of hydrogen-bond donors (Lipinski definition) is 0. The molecule has 0 spiro atoms. The van der Waals surface area contributed by atoms with E-state index >= 15 is 0 Å². The molecule has 0 N–H and O–H groups in total. The second-order valence-corrected chi connectivity index (χ2v) is 5.00. The first kappa shape index (κ1) is 11.4. The Labute approximate surface area is 104 Å². The smallest absolute Gasteiger partial charge is 0.148 e. The molecule has 0 bridgehead atoms. The number of aromatic nitrogens is 2. The highest BCUT2D eigenvalue weighted by Gasteiger charge is 2.03. The summed E-state index contributed by atoms with van der Waals surface area (Å²) in [4.78, 5) is 9.41. The Hall–Kier alpha value is -1.06. The highest BCUT2D eigenvalue weighted by Crippen LogP contribution is 2.29. The maximum absolute atomic E-state index is 5.80. The van der Waals surface area contributed by atoms with Gasteiger partial charge in [-0.2, -0.15) is 0 Å². The highest BCUT2D eigenvalue weighted by atomic mass is 35.5. The van der Waals surface area contributed by atoms with Crippen LogP contribution in [0.15, 0.2) is 40.5 Å². The van der Waals surface area contributed by atoms with E-state index in [1.807, 2.05) is 0 Å². The zero-order valence-corrected chi connectivity index (χ0v) is 10.6. The fraction of sp³-hybridized carbons (Fsp3) is 0.167. The summed E-state index contributed by atoms with van der Waals surface area (Å²) in [5.41, 5.74) is 2.47. The molecule has 1 aromatic carbocycles. The number of benzene rings is 1. The normalized spacial score (nSPS) is 10.4. The minimum absolute atomic E-state index is 0.426. The van der Waals surface area contributed by atoms with Gasteiger partial charge in [0.05, 0.1) is 12.4 Å². The van der Waals surface area contributed by atoms with Gasteiger partial charge in [-0.05, 0) is 31.0 Å². The molecule has 2 nitrogen and oxygen atoms in total. The lowest BCUT2D eigenvalue weighted by Gasteiger charge is -2.05. The highest BCUT2D eigenvalue weighted by molar-refractivity contribution is 7.99. The monoisotopic (exact) mass is 250 g/mol. The second-order valence-electron chi connectivity index (χ2n) is 3.55. The van der Waals surface area contributed by atoms with E-state index in [-0.39, 0.29) is 0 Å². The predicted molar refractivity (Wildman–Crippen MR) is 67.1 cm³/mol. The summed E-state index contributed by atoms with van der Waals surface area (Å²) >= 11 is 7.38. The van der Waals surface area contributed by atoms with Gasteiger partial charge in [-0.3, -0.25) is 4.98 Å². The average Bonchev–Trinajstić information content (AvgIpc) is 2.24. The van der Waals surface area contributed by atoms with Crippen LogP contribution in [-0.2, 0) is 0 Å². The van der Waals surface area contributed by atoms with Crippen LogP contribution in [-0.4, -0.2) is 9.97 Å². The van der Waals surface area contributed by atoms with Gasteiger partial charge < -0.3 is 0 Å². The summed E-state index contributed by atoms with van der Waals surface area (Å²) < 4.78 is 0. The van der Waals surface area contributed by atoms with E-state index in [2.05, 4.69) is 42.0 Å². The van der Waals surface area contributed by atoms with E-state index in [0.29, 0.717) is 5.15 Å². The Kier molecular flexibility index (Phi) is 3.46. The molecule has 1 aromatic heterocycles. The van der Waals surface area contributed by atoms with Gasteiger partial charge in [0, 0.05) is 4.90 Å². The Balaban J connectivity index is 2.30. The zero-order valence-electron chi connectivity index (χ0n) is 9.07. The largest absolute Gasteiger partial charge is 0.259 e. The maximum Gasteiger partial charge on any atom is 0.148 e. The standard InChI is InChI=1S/C12H11ClN2S/c1-8-3-4-9(2)10(5-8)16-12-7-14-6-11(13)15-12/h3-7H,1-2H3. The fourth-order valence-electron chi connectivity index (χ4n) is 1.30. The van der Waals surface area contributed by atoms with Crippen LogP contribution in [0.4, 0.5) is 0 Å². The molecule has 0 aliphatic carbocycles. The van der Waals surface area contributed by atoms with Crippen molar-refractivity contribution in [1.29, 1.82) is 0 Å². The van der Waals surface area contributed by atoms with Gasteiger partial charge in [-0.15, -0.1) is 0 Å². The third-order valence-corrected chi connectivity index (χ3v) is 3.39. The molecule has 0 aliphatic rings. The van der Waals surface area contributed by atoms with Crippen molar-refractivity contribution in [2.24, 2.45) is 0 Å². The molecule has 0 unspecified atom stereocenters. The van der Waals surface area contributed by atoms with E-state index < -0.39 is 0 Å². The molecule has 1 heterocycles. The van der Waals surface area contributed by atoms with Crippen LogP contribution in [0.2, 0.25) is 5.15 Å². The minimum atomic E-state index is 0.426. The summed E-state index contributed by atoms with van der Waals surface area (Å²) in [6, 6.07) is 6.35. The van der Waals surface area contributed by atoms with Crippen molar-refractivity contribution in [1.82, 2.24) is 9.97 Å². The van der Waals surface area contributed by atoms with Gasteiger partial charge >= 0.3 is 0 Å². The molecule has 16 heavy (non-hydrogen) atoms. The molecule has 0 atom stereocenters. The van der Waals surface area contributed by atoms with Crippen molar-refractivity contribution >= 4 is 23.4 Å².